The average molecular weight is 367 g/mol. The summed E-state index contributed by atoms with van der Waals surface area (Å²) in [5.41, 5.74) is 2.41. The second kappa shape index (κ2) is 6.30. The van der Waals surface area contributed by atoms with Crippen LogP contribution < -0.4 is 0 Å². The monoisotopic (exact) mass is 367 g/mol. The number of aryl methyl sites for hydroxylation is 1. The second-order valence-corrected chi connectivity index (χ2v) is 9.18. The quantitative estimate of drug-likeness (QED) is 0.867. The van der Waals surface area contributed by atoms with Crippen LogP contribution in [0.1, 0.15) is 49.7 Å². The number of nitriles is 1. The van der Waals surface area contributed by atoms with Crippen molar-refractivity contribution in [3.63, 3.8) is 0 Å². The largest absolute Gasteiger partial charge is 0.396 e. The first-order chi connectivity index (χ1) is 13.1. The Hall–Kier alpha value is -1.41. The molecule has 4 aliphatic rings. The van der Waals surface area contributed by atoms with Gasteiger partial charge in [-0.1, -0.05) is 24.3 Å². The number of fused-ring (bicyclic) bond motifs is 5. The minimum Gasteiger partial charge on any atom is -0.396 e. The van der Waals surface area contributed by atoms with Crippen molar-refractivity contribution in [2.45, 2.75) is 50.7 Å². The third kappa shape index (κ3) is 2.38. The summed E-state index contributed by atoms with van der Waals surface area (Å²) in [5, 5.41) is 20.8. The number of aliphatic hydroxyl groups excluding tert-OH is 1. The lowest BCUT2D eigenvalue weighted by atomic mass is 9.50. The molecule has 4 heteroatoms. The van der Waals surface area contributed by atoms with Gasteiger partial charge in [0.05, 0.1) is 24.7 Å². The molecule has 0 amide bonds. The number of aliphatic hydroxyl groups is 1. The van der Waals surface area contributed by atoms with E-state index in [4.69, 9.17) is 9.47 Å². The molecule has 3 aliphatic carbocycles. The lowest BCUT2D eigenvalue weighted by Gasteiger charge is -2.54. The van der Waals surface area contributed by atoms with Crippen LogP contribution in [0.15, 0.2) is 24.3 Å². The molecule has 0 radical (unpaired) electrons. The first kappa shape index (κ1) is 17.7. The van der Waals surface area contributed by atoms with Crippen LogP contribution in [0.3, 0.4) is 0 Å². The molecular formula is C23H29NO3. The lowest BCUT2D eigenvalue weighted by molar-refractivity contribution is -0.208. The molecule has 1 aromatic carbocycles. The Kier molecular flexibility index (Phi) is 4.13. The fourth-order valence-electron chi connectivity index (χ4n) is 7.29. The van der Waals surface area contributed by atoms with Crippen LogP contribution in [0, 0.1) is 40.4 Å². The third-order valence-electron chi connectivity index (χ3n) is 8.23. The standard InChI is InChI=1S/C23H29NO3/c1-22(26-10-11-27-22)20-9-8-19-18-7-6-15-4-2-3-5-17(15)21(18)16(13-25)12-23(19,20)14-24/h2-5,16,18-21,25H,6-13H2,1H3/t16-,18+,19+,20-,21-,23+/m1/s1. The molecule has 0 aromatic heterocycles. The van der Waals surface area contributed by atoms with Crippen LogP contribution in [0.4, 0.5) is 0 Å². The number of benzene rings is 1. The average Bonchev–Trinajstić information content (AvgIpc) is 3.31. The van der Waals surface area contributed by atoms with Gasteiger partial charge < -0.3 is 14.6 Å². The molecular weight excluding hydrogens is 338 g/mol. The smallest absolute Gasteiger partial charge is 0.170 e. The van der Waals surface area contributed by atoms with Crippen molar-refractivity contribution >= 4 is 0 Å². The van der Waals surface area contributed by atoms with Crippen molar-refractivity contribution in [2.75, 3.05) is 19.8 Å². The molecule has 0 spiro atoms. The maximum absolute atomic E-state index is 10.5. The molecule has 0 unspecified atom stereocenters. The van der Waals surface area contributed by atoms with Gasteiger partial charge in [0.1, 0.15) is 0 Å². The fourth-order valence-corrected chi connectivity index (χ4v) is 7.29. The molecule has 5 rings (SSSR count). The molecule has 1 N–H and O–H groups in total. The van der Waals surface area contributed by atoms with Crippen LogP contribution >= 0.6 is 0 Å². The Morgan fingerprint density at radius 3 is 2.70 bits per heavy atom. The molecule has 1 aliphatic heterocycles. The van der Waals surface area contributed by atoms with Crippen molar-refractivity contribution in [1.82, 2.24) is 0 Å². The van der Waals surface area contributed by atoms with Crippen molar-refractivity contribution in [2.24, 2.45) is 29.1 Å². The zero-order valence-corrected chi connectivity index (χ0v) is 16.1. The van der Waals surface area contributed by atoms with E-state index in [1.165, 1.54) is 11.1 Å². The van der Waals surface area contributed by atoms with Gasteiger partial charge in [-0.05, 0) is 73.8 Å². The van der Waals surface area contributed by atoms with Crippen LogP contribution in [-0.2, 0) is 15.9 Å². The molecule has 1 heterocycles. The van der Waals surface area contributed by atoms with Gasteiger partial charge in [0.15, 0.2) is 5.79 Å². The predicted molar refractivity (Wildman–Crippen MR) is 101 cm³/mol. The highest BCUT2D eigenvalue weighted by Gasteiger charge is 2.65. The summed E-state index contributed by atoms with van der Waals surface area (Å²) in [6, 6.07) is 11.5. The summed E-state index contributed by atoms with van der Waals surface area (Å²) in [6.45, 7) is 3.41. The molecule has 3 fully saturated rings. The predicted octanol–water partition coefficient (Wildman–Crippen LogP) is 3.64. The van der Waals surface area contributed by atoms with E-state index in [-0.39, 0.29) is 18.4 Å². The number of rotatable bonds is 2. The minimum absolute atomic E-state index is 0.0923. The lowest BCUT2D eigenvalue weighted by Crippen LogP contribution is -2.53. The Labute approximate surface area is 161 Å². The zero-order valence-electron chi connectivity index (χ0n) is 16.1. The number of hydrogen-bond donors (Lipinski definition) is 1. The summed E-state index contributed by atoms with van der Waals surface area (Å²) >= 11 is 0. The zero-order chi connectivity index (χ0) is 18.6. The summed E-state index contributed by atoms with van der Waals surface area (Å²) in [4.78, 5) is 0. The first-order valence-electron chi connectivity index (χ1n) is 10.5. The highest BCUT2D eigenvalue weighted by Crippen LogP contribution is 2.66. The van der Waals surface area contributed by atoms with E-state index in [1.54, 1.807) is 0 Å². The maximum Gasteiger partial charge on any atom is 0.170 e. The molecule has 2 saturated carbocycles. The topological polar surface area (TPSA) is 62.5 Å². The molecule has 6 atom stereocenters. The SMILES string of the molecule is CC1([C@H]2CC[C@H]3[C@@H]4CCc5ccccc5[C@H]4[C@@H](CO)C[C@@]23C#N)OCCO1. The molecule has 1 aromatic rings. The number of ether oxygens (including phenoxy) is 2. The highest BCUT2D eigenvalue weighted by atomic mass is 16.7. The van der Waals surface area contributed by atoms with Crippen LogP contribution in [0.2, 0.25) is 0 Å². The van der Waals surface area contributed by atoms with Crippen molar-refractivity contribution in [3.8, 4) is 6.07 Å². The first-order valence-corrected chi connectivity index (χ1v) is 10.5. The van der Waals surface area contributed by atoms with E-state index >= 15 is 0 Å². The normalized spacial score (nSPS) is 42.0. The summed E-state index contributed by atoms with van der Waals surface area (Å²) in [6.07, 6.45) is 5.02. The minimum atomic E-state index is -0.649. The molecule has 1 saturated heterocycles. The van der Waals surface area contributed by atoms with Gasteiger partial charge in [0.25, 0.3) is 0 Å². The number of nitrogens with zero attached hydrogens (tertiary/aromatic N) is 1. The summed E-state index contributed by atoms with van der Waals surface area (Å²) in [5.74, 6) is 0.805. The fraction of sp³-hybridized carbons (Fsp3) is 0.696. The van der Waals surface area contributed by atoms with E-state index in [9.17, 15) is 10.4 Å². The highest BCUT2D eigenvalue weighted by molar-refractivity contribution is 5.36. The number of hydrogen-bond acceptors (Lipinski definition) is 4. The molecule has 0 bridgehead atoms. The Balaban J connectivity index is 1.57. The Bertz CT molecular complexity index is 765. The van der Waals surface area contributed by atoms with Gasteiger partial charge in [-0.15, -0.1) is 0 Å². The van der Waals surface area contributed by atoms with Gasteiger partial charge in [0, 0.05) is 12.5 Å². The maximum atomic E-state index is 10.5. The molecule has 4 nitrogen and oxygen atoms in total. The summed E-state index contributed by atoms with van der Waals surface area (Å²) < 4.78 is 12.1. The Morgan fingerprint density at radius 2 is 1.96 bits per heavy atom. The van der Waals surface area contributed by atoms with Crippen molar-refractivity contribution < 1.29 is 14.6 Å². The van der Waals surface area contributed by atoms with Crippen LogP contribution in [0.5, 0.6) is 0 Å². The van der Waals surface area contributed by atoms with Gasteiger partial charge in [-0.25, -0.2) is 0 Å². The van der Waals surface area contributed by atoms with Gasteiger partial charge in [0.2, 0.25) is 0 Å². The van der Waals surface area contributed by atoms with E-state index < -0.39 is 11.2 Å². The molecule has 144 valence electrons. The van der Waals surface area contributed by atoms with Gasteiger partial charge in [-0.2, -0.15) is 5.26 Å². The molecule has 27 heavy (non-hydrogen) atoms. The van der Waals surface area contributed by atoms with Crippen molar-refractivity contribution in [3.05, 3.63) is 35.4 Å². The Morgan fingerprint density at radius 1 is 1.19 bits per heavy atom. The summed E-state index contributed by atoms with van der Waals surface area (Å²) in [7, 11) is 0. The van der Waals surface area contributed by atoms with E-state index in [1.807, 2.05) is 6.92 Å². The van der Waals surface area contributed by atoms with Crippen molar-refractivity contribution in [1.29, 1.82) is 5.26 Å². The van der Waals surface area contributed by atoms with E-state index in [2.05, 4.69) is 30.3 Å². The van der Waals surface area contributed by atoms with E-state index in [0.29, 0.717) is 31.0 Å². The third-order valence-corrected chi connectivity index (χ3v) is 8.23. The second-order valence-electron chi connectivity index (χ2n) is 9.18. The van der Waals surface area contributed by atoms with Crippen LogP contribution in [0.25, 0.3) is 0 Å². The van der Waals surface area contributed by atoms with Gasteiger partial charge >= 0.3 is 0 Å². The van der Waals surface area contributed by atoms with Gasteiger partial charge in [-0.3, -0.25) is 0 Å². The van der Waals surface area contributed by atoms with Crippen LogP contribution in [-0.4, -0.2) is 30.7 Å². The van der Waals surface area contributed by atoms with E-state index in [0.717, 1.165) is 32.1 Å².